The number of carbonyl (C=O) groups is 3. The number of amides is 3. The average molecular weight is 277 g/mol. The summed E-state index contributed by atoms with van der Waals surface area (Å²) in [6, 6.07) is 1.02. The standard InChI is InChI=1S/C12H15N5O3/c1-17(12-13-5-2-6-14-12)7-10(19)15-8-3-4-9(18)16-11(8)20/h2,5-6,8H,3-4,7H2,1H3,(H,15,19)(H,16,18,20). The molecule has 0 bridgehead atoms. The maximum absolute atomic E-state index is 11.8. The van der Waals surface area contributed by atoms with Crippen molar-refractivity contribution in [2.24, 2.45) is 0 Å². The van der Waals surface area contributed by atoms with Gasteiger partial charge in [0.05, 0.1) is 6.54 Å². The lowest BCUT2D eigenvalue weighted by Gasteiger charge is -2.23. The average Bonchev–Trinajstić information content (AvgIpc) is 2.43. The molecule has 2 rings (SSSR count). The van der Waals surface area contributed by atoms with E-state index in [0.29, 0.717) is 12.4 Å². The van der Waals surface area contributed by atoms with Crippen molar-refractivity contribution in [2.45, 2.75) is 18.9 Å². The van der Waals surface area contributed by atoms with E-state index in [4.69, 9.17) is 0 Å². The Morgan fingerprint density at radius 3 is 2.80 bits per heavy atom. The van der Waals surface area contributed by atoms with Crippen molar-refractivity contribution in [3.8, 4) is 0 Å². The Kier molecular flexibility index (Phi) is 4.24. The van der Waals surface area contributed by atoms with Crippen LogP contribution in [-0.2, 0) is 14.4 Å². The third-order valence-electron chi connectivity index (χ3n) is 2.85. The van der Waals surface area contributed by atoms with Gasteiger partial charge in [0.1, 0.15) is 6.04 Å². The van der Waals surface area contributed by atoms with E-state index in [-0.39, 0.29) is 24.8 Å². The van der Waals surface area contributed by atoms with Crippen LogP contribution in [-0.4, -0.2) is 47.3 Å². The summed E-state index contributed by atoms with van der Waals surface area (Å²) in [5.74, 6) is -0.677. The van der Waals surface area contributed by atoms with Gasteiger partial charge in [-0.2, -0.15) is 0 Å². The second-order valence-corrected chi connectivity index (χ2v) is 4.48. The molecule has 1 aromatic rings. The van der Waals surface area contributed by atoms with Crippen LogP contribution < -0.4 is 15.5 Å². The minimum atomic E-state index is -0.662. The maximum atomic E-state index is 11.8. The summed E-state index contributed by atoms with van der Waals surface area (Å²) in [6.07, 6.45) is 3.71. The highest BCUT2D eigenvalue weighted by atomic mass is 16.2. The Morgan fingerprint density at radius 1 is 1.45 bits per heavy atom. The summed E-state index contributed by atoms with van der Waals surface area (Å²) in [7, 11) is 1.68. The van der Waals surface area contributed by atoms with Crippen LogP contribution >= 0.6 is 0 Å². The molecule has 0 aromatic carbocycles. The molecule has 20 heavy (non-hydrogen) atoms. The minimum absolute atomic E-state index is 0.0295. The lowest BCUT2D eigenvalue weighted by molar-refractivity contribution is -0.137. The zero-order chi connectivity index (χ0) is 14.5. The van der Waals surface area contributed by atoms with Crippen LogP contribution in [0, 0.1) is 0 Å². The first-order chi connectivity index (χ1) is 9.56. The van der Waals surface area contributed by atoms with E-state index in [0.717, 1.165) is 0 Å². The normalized spacial score (nSPS) is 18.4. The largest absolute Gasteiger partial charge is 0.343 e. The number of imide groups is 1. The molecule has 3 amide bonds. The third-order valence-corrected chi connectivity index (χ3v) is 2.85. The molecule has 1 atom stereocenters. The van der Waals surface area contributed by atoms with Crippen molar-refractivity contribution in [1.29, 1.82) is 0 Å². The summed E-state index contributed by atoms with van der Waals surface area (Å²) < 4.78 is 0. The number of anilines is 1. The molecule has 1 aromatic heterocycles. The number of nitrogens with one attached hydrogen (secondary N) is 2. The maximum Gasteiger partial charge on any atom is 0.249 e. The van der Waals surface area contributed by atoms with Crippen LogP contribution in [0.5, 0.6) is 0 Å². The topological polar surface area (TPSA) is 104 Å². The molecule has 0 radical (unpaired) electrons. The van der Waals surface area contributed by atoms with Crippen molar-refractivity contribution in [1.82, 2.24) is 20.6 Å². The molecule has 8 heteroatoms. The van der Waals surface area contributed by atoms with Gasteiger partial charge in [-0.25, -0.2) is 9.97 Å². The fraction of sp³-hybridized carbons (Fsp3) is 0.417. The Hall–Kier alpha value is -2.51. The van der Waals surface area contributed by atoms with Crippen LogP contribution in [0.4, 0.5) is 5.95 Å². The van der Waals surface area contributed by atoms with Crippen LogP contribution in [0.2, 0.25) is 0 Å². The first-order valence-electron chi connectivity index (χ1n) is 6.17. The molecule has 106 valence electrons. The van der Waals surface area contributed by atoms with E-state index >= 15 is 0 Å². The Balaban J connectivity index is 1.86. The second kappa shape index (κ2) is 6.09. The zero-order valence-corrected chi connectivity index (χ0v) is 11.0. The predicted octanol–water partition coefficient (Wildman–Crippen LogP) is -1.17. The summed E-state index contributed by atoms with van der Waals surface area (Å²) in [5.41, 5.74) is 0. The van der Waals surface area contributed by atoms with Crippen LogP contribution in [0.25, 0.3) is 0 Å². The number of carbonyl (C=O) groups excluding carboxylic acids is 3. The highest BCUT2D eigenvalue weighted by Gasteiger charge is 2.27. The smallest absolute Gasteiger partial charge is 0.249 e. The lowest BCUT2D eigenvalue weighted by atomic mass is 10.1. The molecule has 8 nitrogen and oxygen atoms in total. The number of aromatic nitrogens is 2. The van der Waals surface area contributed by atoms with Gasteiger partial charge in [-0.15, -0.1) is 0 Å². The molecular formula is C12H15N5O3. The SMILES string of the molecule is CN(CC(=O)NC1CCC(=O)NC1=O)c1ncccn1. The molecule has 2 N–H and O–H groups in total. The van der Waals surface area contributed by atoms with Crippen LogP contribution in [0.1, 0.15) is 12.8 Å². The molecule has 1 fully saturated rings. The summed E-state index contributed by atoms with van der Waals surface area (Å²) in [5, 5.41) is 4.78. The third kappa shape index (κ3) is 3.50. The van der Waals surface area contributed by atoms with Gasteiger partial charge < -0.3 is 10.2 Å². The van der Waals surface area contributed by atoms with Gasteiger partial charge in [-0.05, 0) is 12.5 Å². The van der Waals surface area contributed by atoms with Gasteiger partial charge in [-0.1, -0.05) is 0 Å². The second-order valence-electron chi connectivity index (χ2n) is 4.48. The zero-order valence-electron chi connectivity index (χ0n) is 11.0. The summed E-state index contributed by atoms with van der Waals surface area (Å²) in [4.78, 5) is 44.0. The highest BCUT2D eigenvalue weighted by molar-refractivity contribution is 6.01. The number of hydrogen-bond donors (Lipinski definition) is 2. The number of hydrogen-bond acceptors (Lipinski definition) is 6. The molecule has 0 saturated carbocycles. The summed E-state index contributed by atoms with van der Waals surface area (Å²) in [6.45, 7) is 0.0295. The molecule has 0 aliphatic carbocycles. The van der Waals surface area contributed by atoms with Crippen molar-refractivity contribution in [3.05, 3.63) is 18.5 Å². The summed E-state index contributed by atoms with van der Waals surface area (Å²) >= 11 is 0. The predicted molar refractivity (Wildman–Crippen MR) is 69.6 cm³/mol. The van der Waals surface area contributed by atoms with E-state index < -0.39 is 11.9 Å². The van der Waals surface area contributed by atoms with Crippen LogP contribution in [0.3, 0.4) is 0 Å². The van der Waals surface area contributed by atoms with Gasteiger partial charge in [0.2, 0.25) is 23.7 Å². The first kappa shape index (κ1) is 13.9. The number of nitrogens with zero attached hydrogens (tertiary/aromatic N) is 3. The Morgan fingerprint density at radius 2 is 2.15 bits per heavy atom. The van der Waals surface area contributed by atoms with E-state index in [1.54, 1.807) is 30.4 Å². The van der Waals surface area contributed by atoms with E-state index in [2.05, 4.69) is 20.6 Å². The van der Waals surface area contributed by atoms with E-state index in [1.807, 2.05) is 0 Å². The van der Waals surface area contributed by atoms with E-state index in [1.165, 1.54) is 0 Å². The molecular weight excluding hydrogens is 262 g/mol. The fourth-order valence-corrected chi connectivity index (χ4v) is 1.85. The lowest BCUT2D eigenvalue weighted by Crippen LogP contribution is -2.53. The van der Waals surface area contributed by atoms with Gasteiger partial charge >= 0.3 is 0 Å². The van der Waals surface area contributed by atoms with Gasteiger partial charge in [0.25, 0.3) is 0 Å². The fourth-order valence-electron chi connectivity index (χ4n) is 1.85. The monoisotopic (exact) mass is 277 g/mol. The molecule has 0 spiro atoms. The Bertz CT molecular complexity index is 519. The van der Waals surface area contributed by atoms with Crippen molar-refractivity contribution >= 4 is 23.7 Å². The van der Waals surface area contributed by atoms with Gasteiger partial charge in [0.15, 0.2) is 0 Å². The van der Waals surface area contributed by atoms with E-state index in [9.17, 15) is 14.4 Å². The van der Waals surface area contributed by atoms with Crippen LogP contribution in [0.15, 0.2) is 18.5 Å². The Labute approximate surface area is 115 Å². The quantitative estimate of drug-likeness (QED) is 0.672. The van der Waals surface area contributed by atoms with Crippen molar-refractivity contribution in [3.63, 3.8) is 0 Å². The molecule has 1 unspecified atom stereocenters. The van der Waals surface area contributed by atoms with Gasteiger partial charge in [-0.3, -0.25) is 19.7 Å². The van der Waals surface area contributed by atoms with Gasteiger partial charge in [0, 0.05) is 25.9 Å². The number of piperidine rings is 1. The van der Waals surface area contributed by atoms with Crippen molar-refractivity contribution < 1.29 is 14.4 Å². The van der Waals surface area contributed by atoms with Crippen molar-refractivity contribution in [2.75, 3.05) is 18.5 Å². The highest BCUT2D eigenvalue weighted by Crippen LogP contribution is 2.05. The molecule has 1 aliphatic heterocycles. The first-order valence-corrected chi connectivity index (χ1v) is 6.17. The molecule has 1 saturated heterocycles. The molecule has 2 heterocycles. The number of rotatable bonds is 4. The molecule has 1 aliphatic rings. The minimum Gasteiger partial charge on any atom is -0.343 e. The number of likely N-dealkylation sites (N-methyl/N-ethyl adjacent to an activating group) is 1.